The van der Waals surface area contributed by atoms with Gasteiger partial charge < -0.3 is 9.52 Å². The monoisotopic (exact) mass is 250 g/mol. The molecule has 1 aromatic carbocycles. The first kappa shape index (κ1) is 11.5. The number of aromatic nitrogens is 1. The fraction of sp³-hybridized carbons (Fsp3) is 0.0667. The molecule has 0 aliphatic rings. The van der Waals surface area contributed by atoms with Crippen LogP contribution in [0.1, 0.15) is 11.3 Å². The van der Waals surface area contributed by atoms with Crippen LogP contribution in [0.2, 0.25) is 0 Å². The molecule has 1 N–H and O–H groups in total. The summed E-state index contributed by atoms with van der Waals surface area (Å²) in [5.74, 6) is 0. The Morgan fingerprint density at radius 1 is 1.26 bits per heavy atom. The highest BCUT2D eigenvalue weighted by Gasteiger charge is 2.09. The number of nitriles is 1. The highest BCUT2D eigenvalue weighted by atomic mass is 16.3. The average Bonchev–Trinajstić information content (AvgIpc) is 2.99. The summed E-state index contributed by atoms with van der Waals surface area (Å²) < 4.78 is 5.09. The van der Waals surface area contributed by atoms with Gasteiger partial charge in [-0.2, -0.15) is 5.26 Å². The Labute approximate surface area is 109 Å². The standard InChI is InChI=1S/C15H10N2O2/c16-7-12-6-14(11-3-4-19-9-11)13-2-1-10(8-18)5-15(13)17-12/h1-6,9,18H,8H2. The molecular weight excluding hydrogens is 240 g/mol. The molecule has 4 nitrogen and oxygen atoms in total. The number of hydrogen-bond donors (Lipinski definition) is 1. The van der Waals surface area contributed by atoms with Crippen molar-refractivity contribution in [1.82, 2.24) is 4.98 Å². The molecule has 0 unspecified atom stereocenters. The molecule has 19 heavy (non-hydrogen) atoms. The van der Waals surface area contributed by atoms with Gasteiger partial charge in [0.1, 0.15) is 11.8 Å². The molecule has 4 heteroatoms. The van der Waals surface area contributed by atoms with Crippen LogP contribution in [0.4, 0.5) is 0 Å². The fourth-order valence-electron chi connectivity index (χ4n) is 2.09. The second-order valence-electron chi connectivity index (χ2n) is 4.19. The van der Waals surface area contributed by atoms with E-state index in [1.165, 1.54) is 0 Å². The summed E-state index contributed by atoms with van der Waals surface area (Å²) in [6, 6.07) is 11.2. The second kappa shape index (κ2) is 4.56. The Balaban J connectivity index is 2.34. The molecule has 0 saturated carbocycles. The van der Waals surface area contributed by atoms with Crippen molar-refractivity contribution in [2.75, 3.05) is 0 Å². The summed E-state index contributed by atoms with van der Waals surface area (Å²) in [5, 5.41) is 19.2. The van der Waals surface area contributed by atoms with Gasteiger partial charge in [0.05, 0.1) is 24.6 Å². The number of furan rings is 1. The molecule has 2 aromatic heterocycles. The van der Waals surface area contributed by atoms with Gasteiger partial charge in [-0.25, -0.2) is 4.98 Å². The predicted molar refractivity (Wildman–Crippen MR) is 70.1 cm³/mol. The number of aliphatic hydroxyl groups is 1. The molecular formula is C15H10N2O2. The molecule has 0 bridgehead atoms. The van der Waals surface area contributed by atoms with Gasteiger partial charge in [0, 0.05) is 10.9 Å². The summed E-state index contributed by atoms with van der Waals surface area (Å²) in [6.45, 7) is -0.0462. The van der Waals surface area contributed by atoms with E-state index in [-0.39, 0.29) is 6.61 Å². The van der Waals surface area contributed by atoms with Crippen LogP contribution in [0.5, 0.6) is 0 Å². The van der Waals surface area contributed by atoms with E-state index in [9.17, 15) is 0 Å². The van der Waals surface area contributed by atoms with Gasteiger partial charge in [-0.05, 0) is 29.3 Å². The lowest BCUT2D eigenvalue weighted by Gasteiger charge is -2.06. The van der Waals surface area contributed by atoms with Crippen LogP contribution in [0.25, 0.3) is 22.0 Å². The maximum atomic E-state index is 9.17. The zero-order valence-corrected chi connectivity index (χ0v) is 10.00. The lowest BCUT2D eigenvalue weighted by Crippen LogP contribution is -1.91. The molecule has 2 heterocycles. The maximum absolute atomic E-state index is 9.17. The van der Waals surface area contributed by atoms with Crippen LogP contribution >= 0.6 is 0 Å². The van der Waals surface area contributed by atoms with Crippen molar-refractivity contribution >= 4 is 10.9 Å². The summed E-state index contributed by atoms with van der Waals surface area (Å²) >= 11 is 0. The van der Waals surface area contributed by atoms with Gasteiger partial charge in [-0.15, -0.1) is 0 Å². The lowest BCUT2D eigenvalue weighted by atomic mass is 10.0. The van der Waals surface area contributed by atoms with Crippen LogP contribution < -0.4 is 0 Å². The number of fused-ring (bicyclic) bond motifs is 1. The van der Waals surface area contributed by atoms with Crippen LogP contribution in [-0.2, 0) is 6.61 Å². The number of pyridine rings is 1. The number of rotatable bonds is 2. The van der Waals surface area contributed by atoms with Crippen molar-refractivity contribution < 1.29 is 9.52 Å². The first-order valence-electron chi connectivity index (χ1n) is 5.79. The van der Waals surface area contributed by atoms with Crippen LogP contribution in [0, 0.1) is 11.3 Å². The number of benzene rings is 1. The third-order valence-corrected chi connectivity index (χ3v) is 3.00. The van der Waals surface area contributed by atoms with E-state index >= 15 is 0 Å². The van der Waals surface area contributed by atoms with Gasteiger partial charge >= 0.3 is 0 Å². The molecule has 0 radical (unpaired) electrons. The van der Waals surface area contributed by atoms with Crippen LogP contribution in [-0.4, -0.2) is 10.1 Å². The normalized spacial score (nSPS) is 10.5. The van der Waals surface area contributed by atoms with E-state index in [0.29, 0.717) is 11.2 Å². The van der Waals surface area contributed by atoms with Crippen LogP contribution in [0.15, 0.2) is 47.3 Å². The molecule has 3 aromatic rings. The van der Waals surface area contributed by atoms with Crippen LogP contribution in [0.3, 0.4) is 0 Å². The highest BCUT2D eigenvalue weighted by molar-refractivity contribution is 5.95. The molecule has 0 aliphatic heterocycles. The smallest absolute Gasteiger partial charge is 0.141 e. The molecule has 0 aliphatic carbocycles. The van der Waals surface area contributed by atoms with E-state index < -0.39 is 0 Å². The predicted octanol–water partition coefficient (Wildman–Crippen LogP) is 2.86. The first-order valence-corrected chi connectivity index (χ1v) is 5.79. The van der Waals surface area contributed by atoms with E-state index in [0.717, 1.165) is 22.1 Å². The molecule has 0 fully saturated rings. The Morgan fingerprint density at radius 3 is 2.84 bits per heavy atom. The maximum Gasteiger partial charge on any atom is 0.141 e. The largest absolute Gasteiger partial charge is 0.472 e. The van der Waals surface area contributed by atoms with E-state index in [4.69, 9.17) is 14.8 Å². The minimum Gasteiger partial charge on any atom is -0.472 e. The van der Waals surface area contributed by atoms with Crippen molar-refractivity contribution in [2.45, 2.75) is 6.61 Å². The molecule has 0 amide bonds. The lowest BCUT2D eigenvalue weighted by molar-refractivity contribution is 0.282. The first-order chi connectivity index (χ1) is 9.31. The summed E-state index contributed by atoms with van der Waals surface area (Å²) in [4.78, 5) is 4.27. The topological polar surface area (TPSA) is 70.0 Å². The van der Waals surface area contributed by atoms with E-state index in [1.54, 1.807) is 24.7 Å². The van der Waals surface area contributed by atoms with E-state index in [1.807, 2.05) is 18.2 Å². The fourth-order valence-corrected chi connectivity index (χ4v) is 2.09. The molecule has 0 atom stereocenters. The Kier molecular flexibility index (Phi) is 2.75. The van der Waals surface area contributed by atoms with Gasteiger partial charge in [-0.3, -0.25) is 0 Å². The molecule has 92 valence electrons. The number of hydrogen-bond acceptors (Lipinski definition) is 4. The third kappa shape index (κ3) is 1.96. The summed E-state index contributed by atoms with van der Waals surface area (Å²) in [6.07, 6.45) is 3.23. The van der Waals surface area contributed by atoms with Crippen molar-refractivity contribution in [2.24, 2.45) is 0 Å². The van der Waals surface area contributed by atoms with Gasteiger partial charge in [-0.1, -0.05) is 12.1 Å². The zero-order chi connectivity index (χ0) is 13.2. The molecule has 0 saturated heterocycles. The van der Waals surface area contributed by atoms with Gasteiger partial charge in [0.15, 0.2) is 0 Å². The molecule has 3 rings (SSSR count). The van der Waals surface area contributed by atoms with Gasteiger partial charge in [0.2, 0.25) is 0 Å². The zero-order valence-electron chi connectivity index (χ0n) is 10.00. The number of aliphatic hydroxyl groups excluding tert-OH is 1. The highest BCUT2D eigenvalue weighted by Crippen LogP contribution is 2.29. The minimum atomic E-state index is -0.0462. The Morgan fingerprint density at radius 2 is 2.16 bits per heavy atom. The summed E-state index contributed by atoms with van der Waals surface area (Å²) in [5.41, 5.74) is 3.62. The SMILES string of the molecule is N#Cc1cc(-c2ccoc2)c2ccc(CO)cc2n1. The third-order valence-electron chi connectivity index (χ3n) is 3.00. The van der Waals surface area contributed by atoms with Crippen molar-refractivity contribution in [3.63, 3.8) is 0 Å². The Hall–Kier alpha value is -2.64. The number of nitrogens with zero attached hydrogens (tertiary/aromatic N) is 2. The average molecular weight is 250 g/mol. The van der Waals surface area contributed by atoms with Crippen molar-refractivity contribution in [1.29, 1.82) is 5.26 Å². The Bertz CT molecular complexity index is 771. The van der Waals surface area contributed by atoms with Crippen molar-refractivity contribution in [3.8, 4) is 17.2 Å². The van der Waals surface area contributed by atoms with Crippen molar-refractivity contribution in [3.05, 3.63) is 54.1 Å². The minimum absolute atomic E-state index is 0.0462. The van der Waals surface area contributed by atoms with Gasteiger partial charge in [0.25, 0.3) is 0 Å². The molecule has 0 spiro atoms. The second-order valence-corrected chi connectivity index (χ2v) is 4.19. The summed E-state index contributed by atoms with van der Waals surface area (Å²) in [7, 11) is 0. The van der Waals surface area contributed by atoms with E-state index in [2.05, 4.69) is 11.1 Å². The quantitative estimate of drug-likeness (QED) is 0.759.